The van der Waals surface area contributed by atoms with Crippen molar-refractivity contribution in [2.75, 3.05) is 0 Å². The third kappa shape index (κ3) is 4.34. The van der Waals surface area contributed by atoms with Gasteiger partial charge in [0.15, 0.2) is 0 Å². The number of carbonyl (C=O) groups is 2. The molecule has 3 aromatic rings. The van der Waals surface area contributed by atoms with Gasteiger partial charge in [0.05, 0.1) is 16.4 Å². The first kappa shape index (κ1) is 22.5. The van der Waals surface area contributed by atoms with Gasteiger partial charge in [0.2, 0.25) is 0 Å². The van der Waals surface area contributed by atoms with Crippen LogP contribution in [0.2, 0.25) is 0 Å². The molecule has 1 aliphatic heterocycles. The zero-order valence-corrected chi connectivity index (χ0v) is 19.4. The molecule has 1 aliphatic rings. The Kier molecular flexibility index (Phi) is 6.20. The molecule has 4 rings (SSSR count). The largest absolute Gasteiger partial charge is 0.318 e. The lowest BCUT2D eigenvalue weighted by molar-refractivity contribution is -0.384. The van der Waals surface area contributed by atoms with E-state index in [0.717, 1.165) is 40.8 Å². The van der Waals surface area contributed by atoms with Gasteiger partial charge in [-0.1, -0.05) is 37.3 Å². The van der Waals surface area contributed by atoms with Gasteiger partial charge in [0.1, 0.15) is 0 Å². The van der Waals surface area contributed by atoms with Crippen molar-refractivity contribution >= 4 is 34.7 Å². The molecule has 0 saturated carbocycles. The molecule has 0 radical (unpaired) electrons. The van der Waals surface area contributed by atoms with E-state index in [0.29, 0.717) is 10.5 Å². The van der Waals surface area contributed by atoms with Crippen LogP contribution in [0.15, 0.2) is 59.5 Å². The molecule has 0 spiro atoms. The molecule has 1 fully saturated rings. The average molecular weight is 462 g/mol. The molecular weight excluding hydrogens is 438 g/mol. The van der Waals surface area contributed by atoms with Crippen LogP contribution in [-0.4, -0.2) is 25.5 Å². The van der Waals surface area contributed by atoms with Gasteiger partial charge < -0.3 is 4.57 Å². The van der Waals surface area contributed by atoms with Crippen molar-refractivity contribution in [3.05, 3.63) is 97.7 Å². The minimum Gasteiger partial charge on any atom is -0.318 e. The molecule has 2 aromatic carbocycles. The highest BCUT2D eigenvalue weighted by Crippen LogP contribution is 2.35. The maximum atomic E-state index is 13.0. The number of nitrogens with zero attached hydrogens (tertiary/aromatic N) is 3. The number of rotatable bonds is 6. The number of aromatic nitrogens is 1. The molecule has 0 atom stereocenters. The summed E-state index contributed by atoms with van der Waals surface area (Å²) in [6.07, 6.45) is 2.68. The van der Waals surface area contributed by atoms with E-state index in [-0.39, 0.29) is 23.4 Å². The number of aryl methyl sites for hydroxylation is 2. The SMILES string of the molecule is CCc1ccccc1-n1c(C)cc(/C=C2\SC(=O)N(Cc3ccc([N+](=O)[O-])cc3)C2=O)c1C. The average Bonchev–Trinajstić information content (AvgIpc) is 3.23. The highest BCUT2D eigenvalue weighted by molar-refractivity contribution is 8.18. The van der Waals surface area contributed by atoms with Gasteiger partial charge in [-0.25, -0.2) is 0 Å². The molecule has 0 N–H and O–H groups in total. The van der Waals surface area contributed by atoms with Gasteiger partial charge in [-0.15, -0.1) is 0 Å². The smallest absolute Gasteiger partial charge is 0.293 e. The number of nitro groups is 1. The first-order valence-corrected chi connectivity index (χ1v) is 11.4. The fraction of sp³-hybridized carbons (Fsp3) is 0.200. The van der Waals surface area contributed by atoms with E-state index in [1.807, 2.05) is 32.0 Å². The van der Waals surface area contributed by atoms with Gasteiger partial charge >= 0.3 is 0 Å². The van der Waals surface area contributed by atoms with Crippen LogP contribution in [0.25, 0.3) is 11.8 Å². The number of hydrogen-bond donors (Lipinski definition) is 0. The van der Waals surface area contributed by atoms with E-state index in [9.17, 15) is 19.7 Å². The maximum absolute atomic E-state index is 13.0. The first-order chi connectivity index (χ1) is 15.8. The summed E-state index contributed by atoms with van der Waals surface area (Å²) >= 11 is 0.912. The van der Waals surface area contributed by atoms with E-state index in [2.05, 4.69) is 23.6 Å². The van der Waals surface area contributed by atoms with Crippen LogP contribution in [0.5, 0.6) is 0 Å². The molecule has 0 aliphatic carbocycles. The first-order valence-electron chi connectivity index (χ1n) is 10.6. The molecule has 2 amide bonds. The number of imide groups is 1. The Morgan fingerprint density at radius 3 is 2.42 bits per heavy atom. The molecule has 0 bridgehead atoms. The third-order valence-electron chi connectivity index (χ3n) is 5.73. The number of hydrogen-bond acceptors (Lipinski definition) is 5. The fourth-order valence-corrected chi connectivity index (χ4v) is 4.84. The van der Waals surface area contributed by atoms with Gasteiger partial charge in [0.25, 0.3) is 16.8 Å². The van der Waals surface area contributed by atoms with Crippen LogP contribution in [0, 0.1) is 24.0 Å². The zero-order chi connectivity index (χ0) is 23.7. The summed E-state index contributed by atoms with van der Waals surface area (Å²) in [6.45, 7) is 6.22. The normalized spacial score (nSPS) is 15.0. The molecule has 1 aromatic heterocycles. The van der Waals surface area contributed by atoms with E-state index in [1.165, 1.54) is 22.6 Å². The summed E-state index contributed by atoms with van der Waals surface area (Å²) in [6, 6.07) is 16.1. The number of para-hydroxylation sites is 1. The molecular formula is C25H23N3O4S. The number of benzene rings is 2. The topological polar surface area (TPSA) is 85.4 Å². The quantitative estimate of drug-likeness (QED) is 0.263. The minimum absolute atomic E-state index is 0.0345. The monoisotopic (exact) mass is 461 g/mol. The van der Waals surface area contributed by atoms with Gasteiger partial charge in [0, 0.05) is 29.2 Å². The minimum atomic E-state index is -0.484. The predicted octanol–water partition coefficient (Wildman–Crippen LogP) is 5.80. The summed E-state index contributed by atoms with van der Waals surface area (Å²) in [4.78, 5) is 37.4. The molecule has 168 valence electrons. The standard InChI is InChI=1S/C25H23N3O4S/c1-4-19-7-5-6-8-22(19)27-16(2)13-20(17(27)3)14-23-24(29)26(25(30)33-23)15-18-9-11-21(12-10-18)28(31)32/h5-14H,4,15H2,1-3H3/b23-14-. The van der Waals surface area contributed by atoms with E-state index in [4.69, 9.17) is 0 Å². The summed E-state index contributed by atoms with van der Waals surface area (Å²) in [5.74, 6) is -0.359. The predicted molar refractivity (Wildman–Crippen MR) is 129 cm³/mol. The Balaban J connectivity index is 1.61. The zero-order valence-electron chi connectivity index (χ0n) is 18.6. The molecule has 33 heavy (non-hydrogen) atoms. The van der Waals surface area contributed by atoms with E-state index >= 15 is 0 Å². The van der Waals surface area contributed by atoms with Crippen molar-refractivity contribution in [3.63, 3.8) is 0 Å². The van der Waals surface area contributed by atoms with Crippen molar-refractivity contribution in [2.45, 2.75) is 33.7 Å². The van der Waals surface area contributed by atoms with Crippen LogP contribution >= 0.6 is 11.8 Å². The van der Waals surface area contributed by atoms with Crippen molar-refractivity contribution in [2.24, 2.45) is 0 Å². The van der Waals surface area contributed by atoms with Gasteiger partial charge in [-0.3, -0.25) is 24.6 Å². The summed E-state index contributed by atoms with van der Waals surface area (Å²) in [5, 5.41) is 10.5. The van der Waals surface area contributed by atoms with Crippen LogP contribution in [0.4, 0.5) is 10.5 Å². The second kappa shape index (κ2) is 9.07. The highest BCUT2D eigenvalue weighted by Gasteiger charge is 2.35. The van der Waals surface area contributed by atoms with E-state index in [1.54, 1.807) is 18.2 Å². The number of nitro benzene ring substituents is 1. The Hall–Kier alpha value is -3.65. The summed E-state index contributed by atoms with van der Waals surface area (Å²) < 4.78 is 2.17. The molecule has 1 saturated heterocycles. The van der Waals surface area contributed by atoms with Crippen LogP contribution in [0.1, 0.15) is 35.0 Å². The lowest BCUT2D eigenvalue weighted by atomic mass is 10.1. The van der Waals surface area contributed by atoms with Crippen molar-refractivity contribution < 1.29 is 14.5 Å². The van der Waals surface area contributed by atoms with Crippen LogP contribution in [0.3, 0.4) is 0 Å². The number of carbonyl (C=O) groups excluding carboxylic acids is 2. The Morgan fingerprint density at radius 2 is 1.76 bits per heavy atom. The van der Waals surface area contributed by atoms with Crippen molar-refractivity contribution in [3.8, 4) is 5.69 Å². The van der Waals surface area contributed by atoms with Crippen molar-refractivity contribution in [1.82, 2.24) is 9.47 Å². The lowest BCUT2D eigenvalue weighted by Crippen LogP contribution is -2.27. The Morgan fingerprint density at radius 1 is 1.06 bits per heavy atom. The van der Waals surface area contributed by atoms with Gasteiger partial charge in [-0.2, -0.15) is 0 Å². The third-order valence-corrected chi connectivity index (χ3v) is 6.64. The molecule has 2 heterocycles. The summed E-state index contributed by atoms with van der Waals surface area (Å²) in [5.41, 5.74) is 5.89. The second-order valence-electron chi connectivity index (χ2n) is 7.84. The molecule has 8 heteroatoms. The fourth-order valence-electron chi connectivity index (χ4n) is 4.02. The summed E-state index contributed by atoms with van der Waals surface area (Å²) in [7, 11) is 0. The lowest BCUT2D eigenvalue weighted by Gasteiger charge is -2.14. The Bertz CT molecular complexity index is 1290. The number of amides is 2. The van der Waals surface area contributed by atoms with Crippen molar-refractivity contribution in [1.29, 1.82) is 0 Å². The molecule has 7 nitrogen and oxygen atoms in total. The van der Waals surface area contributed by atoms with Crippen LogP contribution < -0.4 is 0 Å². The number of thioether (sulfide) groups is 1. The van der Waals surface area contributed by atoms with Gasteiger partial charge in [-0.05, 0) is 66.9 Å². The van der Waals surface area contributed by atoms with Crippen LogP contribution in [-0.2, 0) is 17.8 Å². The second-order valence-corrected chi connectivity index (χ2v) is 8.83. The molecule has 0 unspecified atom stereocenters. The number of non-ortho nitro benzene ring substituents is 1. The maximum Gasteiger partial charge on any atom is 0.293 e. The highest BCUT2D eigenvalue weighted by atomic mass is 32.2. The van der Waals surface area contributed by atoms with E-state index < -0.39 is 4.92 Å². The Labute approximate surface area is 195 Å².